The first-order valence-electron chi connectivity index (χ1n) is 6.33. The SMILES string of the molecule is CCOC(=O)C(O)c1cccc(N(CC)CC)c1. The van der Waals surface area contributed by atoms with Crippen molar-refractivity contribution in [1.29, 1.82) is 0 Å². The summed E-state index contributed by atoms with van der Waals surface area (Å²) < 4.78 is 4.81. The van der Waals surface area contributed by atoms with Crippen LogP contribution in [0.5, 0.6) is 0 Å². The summed E-state index contributed by atoms with van der Waals surface area (Å²) >= 11 is 0. The van der Waals surface area contributed by atoms with Crippen molar-refractivity contribution in [3.05, 3.63) is 29.8 Å². The first-order valence-corrected chi connectivity index (χ1v) is 6.33. The van der Waals surface area contributed by atoms with Crippen molar-refractivity contribution in [2.75, 3.05) is 24.6 Å². The van der Waals surface area contributed by atoms with E-state index in [4.69, 9.17) is 4.74 Å². The summed E-state index contributed by atoms with van der Waals surface area (Å²) in [7, 11) is 0. The van der Waals surface area contributed by atoms with Gasteiger partial charge in [0.1, 0.15) is 0 Å². The summed E-state index contributed by atoms with van der Waals surface area (Å²) in [5.74, 6) is -0.603. The average Bonchev–Trinajstić information content (AvgIpc) is 2.40. The van der Waals surface area contributed by atoms with E-state index in [0.717, 1.165) is 18.8 Å². The zero-order valence-electron chi connectivity index (χ0n) is 11.2. The number of hydrogen-bond donors (Lipinski definition) is 1. The van der Waals surface area contributed by atoms with Crippen molar-refractivity contribution in [3.63, 3.8) is 0 Å². The number of carbonyl (C=O) groups excluding carboxylic acids is 1. The molecular weight excluding hydrogens is 230 g/mol. The van der Waals surface area contributed by atoms with E-state index in [-0.39, 0.29) is 6.61 Å². The van der Waals surface area contributed by atoms with Gasteiger partial charge in [0.25, 0.3) is 0 Å². The molecule has 1 atom stereocenters. The van der Waals surface area contributed by atoms with Gasteiger partial charge in [-0.05, 0) is 38.5 Å². The maximum absolute atomic E-state index is 11.5. The molecule has 0 aliphatic rings. The van der Waals surface area contributed by atoms with E-state index >= 15 is 0 Å². The largest absolute Gasteiger partial charge is 0.464 e. The van der Waals surface area contributed by atoms with E-state index in [2.05, 4.69) is 18.7 Å². The van der Waals surface area contributed by atoms with Crippen LogP contribution in [-0.2, 0) is 9.53 Å². The Kier molecular flexibility index (Phi) is 5.65. The highest BCUT2D eigenvalue weighted by Gasteiger charge is 2.19. The molecule has 4 heteroatoms. The summed E-state index contributed by atoms with van der Waals surface area (Å²) in [5.41, 5.74) is 1.57. The van der Waals surface area contributed by atoms with Crippen LogP contribution in [-0.4, -0.2) is 30.8 Å². The fourth-order valence-corrected chi connectivity index (χ4v) is 1.84. The summed E-state index contributed by atoms with van der Waals surface area (Å²) in [6.07, 6.45) is -1.21. The topological polar surface area (TPSA) is 49.8 Å². The van der Waals surface area contributed by atoms with Crippen LogP contribution >= 0.6 is 0 Å². The Labute approximate surface area is 108 Å². The minimum absolute atomic E-state index is 0.269. The van der Waals surface area contributed by atoms with Gasteiger partial charge in [0.15, 0.2) is 6.10 Å². The molecule has 0 radical (unpaired) electrons. The molecule has 0 bridgehead atoms. The van der Waals surface area contributed by atoms with Gasteiger partial charge in [0.2, 0.25) is 0 Å². The van der Waals surface area contributed by atoms with Crippen LogP contribution < -0.4 is 4.90 Å². The zero-order valence-corrected chi connectivity index (χ0v) is 11.2. The molecule has 0 heterocycles. The van der Waals surface area contributed by atoms with Gasteiger partial charge in [-0.15, -0.1) is 0 Å². The molecule has 0 spiro atoms. The van der Waals surface area contributed by atoms with Crippen molar-refractivity contribution in [3.8, 4) is 0 Å². The van der Waals surface area contributed by atoms with E-state index in [0.29, 0.717) is 5.56 Å². The van der Waals surface area contributed by atoms with Crippen LogP contribution in [0.3, 0.4) is 0 Å². The van der Waals surface area contributed by atoms with Gasteiger partial charge in [-0.2, -0.15) is 0 Å². The normalized spacial score (nSPS) is 12.0. The molecule has 1 aromatic carbocycles. The number of carbonyl (C=O) groups is 1. The molecular formula is C14H21NO3. The van der Waals surface area contributed by atoms with Gasteiger partial charge in [-0.1, -0.05) is 12.1 Å². The lowest BCUT2D eigenvalue weighted by molar-refractivity contribution is -0.153. The predicted molar refractivity (Wildman–Crippen MR) is 71.6 cm³/mol. The smallest absolute Gasteiger partial charge is 0.339 e. The lowest BCUT2D eigenvalue weighted by atomic mass is 10.1. The van der Waals surface area contributed by atoms with Gasteiger partial charge in [0, 0.05) is 18.8 Å². The predicted octanol–water partition coefficient (Wildman–Crippen LogP) is 2.13. The first kappa shape index (κ1) is 14.5. The lowest BCUT2D eigenvalue weighted by Gasteiger charge is -2.22. The number of aliphatic hydroxyl groups is 1. The Balaban J connectivity index is 2.90. The first-order chi connectivity index (χ1) is 8.63. The number of ether oxygens (including phenoxy) is 1. The quantitative estimate of drug-likeness (QED) is 0.787. The molecule has 1 N–H and O–H groups in total. The Morgan fingerprint density at radius 2 is 2.00 bits per heavy atom. The maximum atomic E-state index is 11.5. The lowest BCUT2D eigenvalue weighted by Crippen LogP contribution is -2.22. The third-order valence-corrected chi connectivity index (χ3v) is 2.82. The summed E-state index contributed by atoms with van der Waals surface area (Å²) in [5, 5.41) is 9.88. The number of esters is 1. The van der Waals surface area contributed by atoms with Crippen LogP contribution in [0.2, 0.25) is 0 Å². The maximum Gasteiger partial charge on any atom is 0.339 e. The van der Waals surface area contributed by atoms with E-state index in [1.165, 1.54) is 0 Å². The minimum atomic E-state index is -1.21. The van der Waals surface area contributed by atoms with Crippen LogP contribution in [0.4, 0.5) is 5.69 Å². The van der Waals surface area contributed by atoms with Crippen molar-refractivity contribution in [2.45, 2.75) is 26.9 Å². The fourth-order valence-electron chi connectivity index (χ4n) is 1.84. The Morgan fingerprint density at radius 3 is 2.56 bits per heavy atom. The van der Waals surface area contributed by atoms with E-state index in [1.54, 1.807) is 13.0 Å². The number of nitrogens with zero attached hydrogens (tertiary/aromatic N) is 1. The standard InChI is InChI=1S/C14H21NO3/c1-4-15(5-2)12-9-7-8-11(10-12)13(16)14(17)18-6-3/h7-10,13,16H,4-6H2,1-3H3. The molecule has 0 fully saturated rings. The molecule has 0 aliphatic carbocycles. The number of rotatable bonds is 6. The van der Waals surface area contributed by atoms with Crippen molar-refractivity contribution < 1.29 is 14.6 Å². The number of benzene rings is 1. The molecule has 1 unspecified atom stereocenters. The van der Waals surface area contributed by atoms with Gasteiger partial charge in [-0.25, -0.2) is 4.79 Å². The van der Waals surface area contributed by atoms with Crippen LogP contribution in [0.25, 0.3) is 0 Å². The second-order valence-corrected chi connectivity index (χ2v) is 3.92. The van der Waals surface area contributed by atoms with E-state index in [1.807, 2.05) is 18.2 Å². The van der Waals surface area contributed by atoms with Gasteiger partial charge in [-0.3, -0.25) is 0 Å². The van der Waals surface area contributed by atoms with Crippen molar-refractivity contribution in [1.82, 2.24) is 0 Å². The Hall–Kier alpha value is -1.55. The fraction of sp³-hybridized carbons (Fsp3) is 0.500. The number of anilines is 1. The number of aliphatic hydroxyl groups excluding tert-OH is 1. The Bertz CT molecular complexity index is 388. The third-order valence-electron chi connectivity index (χ3n) is 2.82. The Morgan fingerprint density at radius 1 is 1.33 bits per heavy atom. The molecule has 0 aliphatic heterocycles. The van der Waals surface area contributed by atoms with Crippen LogP contribution in [0.1, 0.15) is 32.4 Å². The molecule has 0 aromatic heterocycles. The summed E-state index contributed by atoms with van der Waals surface area (Å²) in [6.45, 7) is 7.89. The highest BCUT2D eigenvalue weighted by molar-refractivity contribution is 5.76. The molecule has 4 nitrogen and oxygen atoms in total. The highest BCUT2D eigenvalue weighted by Crippen LogP contribution is 2.21. The van der Waals surface area contributed by atoms with Gasteiger partial charge in [0.05, 0.1) is 6.61 Å². The monoisotopic (exact) mass is 251 g/mol. The second kappa shape index (κ2) is 7.01. The molecule has 0 amide bonds. The molecule has 1 rings (SSSR count). The van der Waals surface area contributed by atoms with Crippen LogP contribution in [0.15, 0.2) is 24.3 Å². The van der Waals surface area contributed by atoms with Crippen molar-refractivity contribution in [2.24, 2.45) is 0 Å². The molecule has 0 saturated heterocycles. The zero-order chi connectivity index (χ0) is 13.5. The summed E-state index contributed by atoms with van der Waals surface area (Å²) in [6, 6.07) is 7.36. The van der Waals surface area contributed by atoms with Gasteiger partial charge >= 0.3 is 5.97 Å². The van der Waals surface area contributed by atoms with Crippen molar-refractivity contribution >= 4 is 11.7 Å². The molecule has 18 heavy (non-hydrogen) atoms. The van der Waals surface area contributed by atoms with Gasteiger partial charge < -0.3 is 14.7 Å². The minimum Gasteiger partial charge on any atom is -0.464 e. The second-order valence-electron chi connectivity index (χ2n) is 3.92. The average molecular weight is 251 g/mol. The third kappa shape index (κ3) is 3.47. The molecule has 100 valence electrons. The molecule has 0 saturated carbocycles. The molecule has 1 aromatic rings. The van der Waals surface area contributed by atoms with Crippen LogP contribution in [0, 0.1) is 0 Å². The van der Waals surface area contributed by atoms with E-state index in [9.17, 15) is 9.90 Å². The highest BCUT2D eigenvalue weighted by atomic mass is 16.5. The summed E-state index contributed by atoms with van der Waals surface area (Å²) in [4.78, 5) is 13.6. The van der Waals surface area contributed by atoms with E-state index < -0.39 is 12.1 Å². The number of hydrogen-bond acceptors (Lipinski definition) is 4.